The highest BCUT2D eigenvalue weighted by Crippen LogP contribution is 2.42. The van der Waals surface area contributed by atoms with Crippen molar-refractivity contribution in [3.05, 3.63) is 64.6 Å². The van der Waals surface area contributed by atoms with E-state index in [0.717, 1.165) is 33.0 Å². The Bertz CT molecular complexity index is 876. The molecule has 0 radical (unpaired) electrons. The molecule has 4 rings (SSSR count). The molecule has 0 bridgehead atoms. The normalized spacial score (nSPS) is 13.2. The first-order valence-corrected chi connectivity index (χ1v) is 8.60. The minimum Gasteiger partial charge on any atom is -0.487 e. The summed E-state index contributed by atoms with van der Waals surface area (Å²) < 4.78 is 6.18. The van der Waals surface area contributed by atoms with Gasteiger partial charge in [0.25, 0.3) is 0 Å². The van der Waals surface area contributed by atoms with Crippen LogP contribution in [-0.4, -0.2) is 17.9 Å². The van der Waals surface area contributed by atoms with Gasteiger partial charge >= 0.3 is 0 Å². The largest absolute Gasteiger partial charge is 0.487 e. The molecule has 0 spiro atoms. The molecule has 0 unspecified atom stereocenters. The molecule has 5 heteroatoms. The van der Waals surface area contributed by atoms with E-state index in [1.54, 1.807) is 29.5 Å². The van der Waals surface area contributed by atoms with Crippen molar-refractivity contribution in [3.63, 3.8) is 0 Å². The number of rotatable bonds is 4. The summed E-state index contributed by atoms with van der Waals surface area (Å²) in [6.07, 6.45) is 3.94. The van der Waals surface area contributed by atoms with Gasteiger partial charge in [-0.05, 0) is 29.6 Å². The maximum absolute atomic E-state index is 12.1. The maximum atomic E-state index is 12.1. The van der Waals surface area contributed by atoms with Gasteiger partial charge < -0.3 is 9.64 Å². The molecular weight excluding hydrogens is 320 g/mol. The molecule has 0 aliphatic carbocycles. The number of thiophene rings is 1. The molecule has 1 aliphatic rings. The fraction of sp³-hybridized carbons (Fsp3) is 0.158. The zero-order valence-electron chi connectivity index (χ0n) is 13.2. The number of ether oxygens (including phenoxy) is 1. The van der Waals surface area contributed by atoms with Crippen molar-refractivity contribution in [1.82, 2.24) is 4.98 Å². The third-order valence-electron chi connectivity index (χ3n) is 4.21. The van der Waals surface area contributed by atoms with E-state index in [4.69, 9.17) is 4.74 Å². The second-order valence-electron chi connectivity index (χ2n) is 5.68. The molecule has 0 saturated heterocycles. The molecule has 3 heterocycles. The van der Waals surface area contributed by atoms with Crippen LogP contribution in [0.4, 0.5) is 5.69 Å². The van der Waals surface area contributed by atoms with Gasteiger partial charge in [0.15, 0.2) is 0 Å². The fourth-order valence-electron chi connectivity index (χ4n) is 2.96. The topological polar surface area (TPSA) is 42.4 Å². The summed E-state index contributed by atoms with van der Waals surface area (Å²) in [4.78, 5) is 19.2. The highest BCUT2D eigenvalue weighted by Gasteiger charge is 2.29. The molecule has 1 aliphatic heterocycles. The van der Waals surface area contributed by atoms with Crippen LogP contribution in [0, 0.1) is 0 Å². The number of hydrogen-bond acceptors (Lipinski definition) is 4. The van der Waals surface area contributed by atoms with Crippen LogP contribution >= 0.6 is 11.3 Å². The first kappa shape index (κ1) is 14.9. The van der Waals surface area contributed by atoms with Crippen LogP contribution in [0.5, 0.6) is 5.75 Å². The first-order valence-electron chi connectivity index (χ1n) is 7.72. The average molecular weight is 336 g/mol. The molecule has 0 N–H and O–H groups in total. The Morgan fingerprint density at radius 1 is 1.25 bits per heavy atom. The number of carbonyl (C=O) groups excluding carboxylic acids is 1. The summed E-state index contributed by atoms with van der Waals surface area (Å²) in [5.74, 6) is 0.876. The van der Waals surface area contributed by atoms with Crippen LogP contribution in [-0.2, 0) is 17.8 Å². The number of carbonyl (C=O) groups is 1. The number of anilines is 1. The maximum Gasteiger partial charge on any atom is 0.231 e. The summed E-state index contributed by atoms with van der Waals surface area (Å²) in [7, 11) is 1.81. The molecule has 0 atom stereocenters. The monoisotopic (exact) mass is 336 g/mol. The second kappa shape index (κ2) is 6.09. The van der Waals surface area contributed by atoms with Crippen molar-refractivity contribution >= 4 is 22.9 Å². The molecule has 2 aromatic heterocycles. The highest BCUT2D eigenvalue weighted by molar-refractivity contribution is 7.09. The molecule has 24 heavy (non-hydrogen) atoms. The summed E-state index contributed by atoms with van der Waals surface area (Å²) in [5, 5.41) is 2.04. The quantitative estimate of drug-likeness (QED) is 0.725. The first-order chi connectivity index (χ1) is 11.7. The van der Waals surface area contributed by atoms with Gasteiger partial charge in [-0.15, -0.1) is 11.3 Å². The third-order valence-corrected chi connectivity index (χ3v) is 5.06. The number of nitrogens with zero attached hydrogens (tertiary/aromatic N) is 2. The van der Waals surface area contributed by atoms with Crippen molar-refractivity contribution < 1.29 is 9.53 Å². The van der Waals surface area contributed by atoms with Crippen LogP contribution in [0.15, 0.2) is 54.2 Å². The Balaban J connectivity index is 1.79. The zero-order valence-corrected chi connectivity index (χ0v) is 14.0. The van der Waals surface area contributed by atoms with Gasteiger partial charge in [0.1, 0.15) is 12.4 Å². The molecule has 0 fully saturated rings. The summed E-state index contributed by atoms with van der Waals surface area (Å²) in [6.45, 7) is 0.499. The number of amides is 1. The standard InChI is InChI=1S/C19H16N2O2S/c1-21-17-7-6-15(13-4-2-8-20-11-13)19(16(17)10-18(21)22)23-12-14-5-3-9-24-14/h2-9,11H,10,12H2,1H3. The molecule has 120 valence electrons. The lowest BCUT2D eigenvalue weighted by molar-refractivity contribution is -0.117. The molecule has 0 saturated carbocycles. The van der Waals surface area contributed by atoms with E-state index in [-0.39, 0.29) is 5.91 Å². The van der Waals surface area contributed by atoms with Crippen LogP contribution < -0.4 is 9.64 Å². The lowest BCUT2D eigenvalue weighted by Crippen LogP contribution is -2.20. The molecular formula is C19H16N2O2S. The smallest absolute Gasteiger partial charge is 0.231 e. The predicted molar refractivity (Wildman–Crippen MR) is 95.4 cm³/mol. The van der Waals surface area contributed by atoms with E-state index >= 15 is 0 Å². The van der Waals surface area contributed by atoms with Crippen LogP contribution in [0.1, 0.15) is 10.4 Å². The zero-order chi connectivity index (χ0) is 16.5. The lowest BCUT2D eigenvalue weighted by atomic mass is 10.0. The van der Waals surface area contributed by atoms with Crippen molar-refractivity contribution in [3.8, 4) is 16.9 Å². The van der Waals surface area contributed by atoms with E-state index in [1.165, 1.54) is 0 Å². The Labute approximate surface area is 144 Å². The van der Waals surface area contributed by atoms with E-state index in [0.29, 0.717) is 13.0 Å². The van der Waals surface area contributed by atoms with E-state index in [2.05, 4.69) is 11.1 Å². The average Bonchev–Trinajstić information content (AvgIpc) is 3.23. The Morgan fingerprint density at radius 2 is 2.17 bits per heavy atom. The van der Waals surface area contributed by atoms with Gasteiger partial charge in [-0.25, -0.2) is 0 Å². The fourth-order valence-corrected chi connectivity index (χ4v) is 3.57. The van der Waals surface area contributed by atoms with Crippen LogP contribution in [0.25, 0.3) is 11.1 Å². The molecule has 1 aromatic carbocycles. The third kappa shape index (κ3) is 2.57. The number of benzene rings is 1. The van der Waals surface area contributed by atoms with E-state index in [1.807, 2.05) is 41.9 Å². The lowest BCUT2D eigenvalue weighted by Gasteiger charge is -2.16. The van der Waals surface area contributed by atoms with Crippen molar-refractivity contribution in [2.24, 2.45) is 0 Å². The van der Waals surface area contributed by atoms with Gasteiger partial charge in [-0.3, -0.25) is 9.78 Å². The molecule has 4 nitrogen and oxygen atoms in total. The minimum absolute atomic E-state index is 0.0920. The molecule has 3 aromatic rings. The minimum atomic E-state index is 0.0920. The Kier molecular flexibility index (Phi) is 3.78. The summed E-state index contributed by atoms with van der Waals surface area (Å²) in [5.41, 5.74) is 3.85. The number of aromatic nitrogens is 1. The van der Waals surface area contributed by atoms with Crippen molar-refractivity contribution in [1.29, 1.82) is 0 Å². The van der Waals surface area contributed by atoms with Crippen molar-refractivity contribution in [2.45, 2.75) is 13.0 Å². The highest BCUT2D eigenvalue weighted by atomic mass is 32.1. The van der Waals surface area contributed by atoms with Gasteiger partial charge in [0, 0.05) is 41.0 Å². The van der Waals surface area contributed by atoms with Gasteiger partial charge in [-0.2, -0.15) is 0 Å². The van der Waals surface area contributed by atoms with Gasteiger partial charge in [-0.1, -0.05) is 12.1 Å². The predicted octanol–water partition coefficient (Wildman–Crippen LogP) is 3.91. The van der Waals surface area contributed by atoms with Crippen LogP contribution in [0.2, 0.25) is 0 Å². The number of likely N-dealkylation sites (N-methyl/N-ethyl adjacent to an activating group) is 1. The van der Waals surface area contributed by atoms with Crippen molar-refractivity contribution in [2.75, 3.05) is 11.9 Å². The summed E-state index contributed by atoms with van der Waals surface area (Å²) in [6, 6.07) is 12.0. The number of fused-ring (bicyclic) bond motifs is 1. The SMILES string of the molecule is CN1C(=O)Cc2c1ccc(-c1cccnc1)c2OCc1cccs1. The van der Waals surface area contributed by atoms with E-state index < -0.39 is 0 Å². The number of hydrogen-bond donors (Lipinski definition) is 0. The Morgan fingerprint density at radius 3 is 2.92 bits per heavy atom. The van der Waals surface area contributed by atoms with Gasteiger partial charge in [0.2, 0.25) is 5.91 Å². The van der Waals surface area contributed by atoms with Gasteiger partial charge in [0.05, 0.1) is 12.1 Å². The number of pyridine rings is 1. The summed E-state index contributed by atoms with van der Waals surface area (Å²) >= 11 is 1.66. The van der Waals surface area contributed by atoms with Crippen LogP contribution in [0.3, 0.4) is 0 Å². The Hall–Kier alpha value is -2.66. The second-order valence-corrected chi connectivity index (χ2v) is 6.71. The molecule has 1 amide bonds. The van der Waals surface area contributed by atoms with E-state index in [9.17, 15) is 4.79 Å².